The summed E-state index contributed by atoms with van der Waals surface area (Å²) in [4.78, 5) is 7.73. The van der Waals surface area contributed by atoms with Crippen molar-refractivity contribution in [1.82, 2.24) is 19.5 Å². The number of sulfonamides is 1. The number of rotatable bonds is 5. The number of halogens is 10. The van der Waals surface area contributed by atoms with Gasteiger partial charge in [0.2, 0.25) is 10.0 Å². The fourth-order valence-electron chi connectivity index (χ4n) is 1.40. The van der Waals surface area contributed by atoms with Crippen LogP contribution in [-0.4, -0.2) is 51.2 Å². The SMILES string of the molecule is O=S(=O)(Cl)c1ccc(Cl)nc1.[2H][C@@](C)(NCl)C(F)(F)F.[2H][C@@](C)(NS(=O)(=O)c1ccc(Cl)nc1)C(F)(F)F. The van der Waals surface area contributed by atoms with Crippen LogP contribution in [0.2, 0.25) is 10.3 Å². The zero-order valence-corrected chi connectivity index (χ0v) is 22.2. The van der Waals surface area contributed by atoms with Crippen molar-refractivity contribution in [3.05, 3.63) is 47.0 Å². The average Bonchev–Trinajstić information content (AvgIpc) is 2.72. The molecule has 2 aromatic heterocycles. The van der Waals surface area contributed by atoms with Gasteiger partial charge in [0, 0.05) is 23.1 Å². The monoisotopic (exact) mass is 648 g/mol. The van der Waals surface area contributed by atoms with E-state index in [2.05, 4.69) is 21.7 Å². The molecule has 0 fully saturated rings. The molecule has 0 aliphatic heterocycles. The molecule has 2 atom stereocenters. The summed E-state index contributed by atoms with van der Waals surface area (Å²) >= 11 is 15.5. The molecule has 2 N–H and O–H groups in total. The lowest BCUT2D eigenvalue weighted by Crippen LogP contribution is -2.42. The van der Waals surface area contributed by atoms with Crippen LogP contribution >= 0.6 is 45.7 Å². The molecule has 0 aliphatic carbocycles. The number of pyridine rings is 2. The van der Waals surface area contributed by atoms with Crippen LogP contribution in [-0.2, 0) is 19.1 Å². The van der Waals surface area contributed by atoms with Gasteiger partial charge in [0.25, 0.3) is 9.05 Å². The van der Waals surface area contributed by atoms with Gasteiger partial charge in [0.05, 0.1) is 2.74 Å². The minimum absolute atomic E-state index is 0.00148. The molecule has 0 aliphatic rings. The third-order valence-corrected chi connectivity index (χ3v) is 6.78. The predicted molar refractivity (Wildman–Crippen MR) is 122 cm³/mol. The molecular formula is C16H16Cl4F6N4O4S2. The summed E-state index contributed by atoms with van der Waals surface area (Å²) in [6.07, 6.45) is -7.77. The van der Waals surface area contributed by atoms with E-state index < -0.39 is 48.4 Å². The van der Waals surface area contributed by atoms with Gasteiger partial charge in [0.1, 0.15) is 32.1 Å². The number of nitrogens with zero attached hydrogens (tertiary/aromatic N) is 2. The van der Waals surface area contributed by atoms with Crippen molar-refractivity contribution in [1.29, 1.82) is 0 Å². The molecule has 0 saturated heterocycles. The van der Waals surface area contributed by atoms with Crippen LogP contribution in [0.4, 0.5) is 26.3 Å². The van der Waals surface area contributed by atoms with Gasteiger partial charge in [0.15, 0.2) is 0 Å². The number of hydrogen-bond donors (Lipinski definition) is 2. The fraction of sp³-hybridized carbons (Fsp3) is 0.375. The Morgan fingerprint density at radius 1 is 0.833 bits per heavy atom. The highest BCUT2D eigenvalue weighted by atomic mass is 35.7. The third-order valence-electron chi connectivity index (χ3n) is 3.27. The maximum atomic E-state index is 12.4. The van der Waals surface area contributed by atoms with Gasteiger partial charge in [-0.1, -0.05) is 23.2 Å². The minimum atomic E-state index is -5.04. The Bertz CT molecular complexity index is 1270. The predicted octanol–water partition coefficient (Wildman–Crippen LogP) is 5.31. The summed E-state index contributed by atoms with van der Waals surface area (Å²) in [7, 11) is -3.16. The van der Waals surface area contributed by atoms with Crippen molar-refractivity contribution >= 4 is 64.7 Å². The first-order valence-corrected chi connectivity index (χ1v) is 13.4. The minimum Gasteiger partial charge on any atom is -0.243 e. The molecule has 20 heteroatoms. The van der Waals surface area contributed by atoms with E-state index in [1.54, 1.807) is 0 Å². The van der Waals surface area contributed by atoms with Gasteiger partial charge in [-0.2, -0.15) is 31.1 Å². The van der Waals surface area contributed by atoms with E-state index >= 15 is 0 Å². The second kappa shape index (κ2) is 14.1. The number of alkyl halides is 6. The summed E-state index contributed by atoms with van der Waals surface area (Å²) in [6, 6.07) is -1.33. The van der Waals surface area contributed by atoms with Crippen LogP contribution < -0.4 is 9.56 Å². The molecule has 0 spiro atoms. The van der Waals surface area contributed by atoms with Gasteiger partial charge in [-0.15, -0.1) is 0 Å². The van der Waals surface area contributed by atoms with E-state index in [1.165, 1.54) is 21.7 Å². The van der Waals surface area contributed by atoms with Crippen molar-refractivity contribution in [3.8, 4) is 0 Å². The number of nitrogens with one attached hydrogen (secondary N) is 2. The van der Waals surface area contributed by atoms with Gasteiger partial charge in [-0.3, -0.25) is 0 Å². The fourth-order valence-corrected chi connectivity index (χ4v) is 3.49. The van der Waals surface area contributed by atoms with Crippen LogP contribution in [0.15, 0.2) is 46.5 Å². The van der Waals surface area contributed by atoms with Gasteiger partial charge < -0.3 is 0 Å². The molecule has 2 heterocycles. The molecule has 0 amide bonds. The summed E-state index contributed by atoms with van der Waals surface area (Å²) in [5.41, 5.74) is 0. The Kier molecular flexibility index (Phi) is 12.2. The summed E-state index contributed by atoms with van der Waals surface area (Å²) in [5.74, 6) is 0. The topological polar surface area (TPSA) is 118 Å². The largest absolute Gasteiger partial charge is 0.404 e. The summed E-state index contributed by atoms with van der Waals surface area (Å²) in [6.45, 7) is 1.02. The smallest absolute Gasteiger partial charge is 0.243 e. The van der Waals surface area contributed by atoms with Crippen LogP contribution in [0, 0.1) is 0 Å². The number of hydrogen-bond acceptors (Lipinski definition) is 7. The lowest BCUT2D eigenvalue weighted by atomic mass is 10.4. The molecule has 206 valence electrons. The molecule has 2 rings (SSSR count). The van der Waals surface area contributed by atoms with E-state index in [4.69, 9.17) is 36.6 Å². The van der Waals surface area contributed by atoms with E-state index in [0.717, 1.165) is 24.5 Å². The lowest BCUT2D eigenvalue weighted by Gasteiger charge is -2.16. The third kappa shape index (κ3) is 13.4. The van der Waals surface area contributed by atoms with E-state index in [0.29, 0.717) is 13.8 Å². The number of aromatic nitrogens is 2. The van der Waals surface area contributed by atoms with Crippen molar-refractivity contribution in [2.75, 3.05) is 0 Å². The summed E-state index contributed by atoms with van der Waals surface area (Å²) < 4.78 is 131. The first-order chi connectivity index (χ1) is 16.8. The molecule has 8 nitrogen and oxygen atoms in total. The van der Waals surface area contributed by atoms with E-state index in [1.807, 2.05) is 0 Å². The van der Waals surface area contributed by atoms with Gasteiger partial charge >= 0.3 is 12.4 Å². The highest BCUT2D eigenvalue weighted by Gasteiger charge is 2.39. The maximum Gasteiger partial charge on any atom is 0.404 e. The van der Waals surface area contributed by atoms with Crippen LogP contribution in [0.3, 0.4) is 0 Å². The van der Waals surface area contributed by atoms with E-state index in [-0.39, 0.29) is 15.2 Å². The Hall–Kier alpha value is -1.14. The summed E-state index contributed by atoms with van der Waals surface area (Å²) in [5, 5.41) is 0.229. The Morgan fingerprint density at radius 3 is 1.47 bits per heavy atom. The molecule has 2 aromatic rings. The van der Waals surface area contributed by atoms with Crippen molar-refractivity contribution < 1.29 is 45.9 Å². The second-order valence-electron chi connectivity index (χ2n) is 6.02. The standard InChI is InChI=1S/C8H8ClF3N2O2S.C5H3Cl2NO2S.C3H5ClF3N/c1-5(8(10,11)12)14-17(15,16)6-2-3-7(9)13-4-6;6-5-2-1-4(3-8-5)11(7,9)10;1-2(8-4)3(5,6)7/h2-5,14H,1H3;1-3H;2,8H,1H3/t5-;;2-/m0.0/s1/i5D;;2D. The zero-order valence-electron chi connectivity index (χ0n) is 19.6. The van der Waals surface area contributed by atoms with Crippen LogP contribution in [0.25, 0.3) is 0 Å². The van der Waals surface area contributed by atoms with Crippen LogP contribution in [0.5, 0.6) is 0 Å². The first-order valence-electron chi connectivity index (χ1n) is 9.50. The van der Waals surface area contributed by atoms with E-state index in [9.17, 15) is 43.2 Å². The Balaban J connectivity index is 0.000000586. The van der Waals surface area contributed by atoms with Gasteiger partial charge in [-0.05, 0) is 49.9 Å². The lowest BCUT2D eigenvalue weighted by molar-refractivity contribution is -0.147. The molecule has 0 saturated carbocycles. The van der Waals surface area contributed by atoms with Crippen molar-refractivity contribution in [2.45, 2.75) is 48.0 Å². The maximum absolute atomic E-state index is 12.4. The molecule has 0 unspecified atom stereocenters. The quantitative estimate of drug-likeness (QED) is 0.195. The molecule has 0 aromatic carbocycles. The zero-order chi connectivity index (χ0) is 30.4. The Morgan fingerprint density at radius 2 is 1.22 bits per heavy atom. The second-order valence-corrected chi connectivity index (χ2v) is 11.2. The highest BCUT2D eigenvalue weighted by molar-refractivity contribution is 8.13. The molecular weight excluding hydrogens is 632 g/mol. The van der Waals surface area contributed by atoms with Crippen molar-refractivity contribution in [3.63, 3.8) is 0 Å². The Labute approximate surface area is 224 Å². The van der Waals surface area contributed by atoms with Gasteiger partial charge in [-0.25, -0.2) is 31.6 Å². The molecule has 36 heavy (non-hydrogen) atoms. The normalized spacial score (nSPS) is 16.6. The van der Waals surface area contributed by atoms with Crippen molar-refractivity contribution in [2.24, 2.45) is 0 Å². The first kappa shape index (κ1) is 31.1. The molecule has 0 bridgehead atoms. The highest BCUT2D eigenvalue weighted by Crippen LogP contribution is 2.22. The molecule has 0 radical (unpaired) electrons. The van der Waals surface area contributed by atoms with Crippen LogP contribution in [0.1, 0.15) is 16.6 Å². The average molecular weight is 650 g/mol.